The Balaban J connectivity index is 2.86. The fourth-order valence-corrected chi connectivity index (χ4v) is 0.696. The van der Waals surface area contributed by atoms with Crippen LogP contribution in [0.2, 0.25) is 0 Å². The highest BCUT2D eigenvalue weighted by atomic mass is 16.2. The van der Waals surface area contributed by atoms with Crippen LogP contribution in [0.1, 0.15) is 0 Å². The molecule has 1 fully saturated rings. The van der Waals surface area contributed by atoms with Gasteiger partial charge in [-0.25, -0.2) is 0 Å². The molecule has 48 valence electrons. The Bertz CT molecular complexity index is 207. The van der Waals surface area contributed by atoms with Gasteiger partial charge in [0.15, 0.2) is 0 Å². The van der Waals surface area contributed by atoms with Crippen LogP contribution in [0, 0.1) is 0 Å². The van der Waals surface area contributed by atoms with Crippen molar-refractivity contribution in [3.8, 4) is 0 Å². The first-order chi connectivity index (χ1) is 4.18. The predicted octanol–water partition coefficient (Wildman–Crippen LogP) is -1.46. The Morgan fingerprint density at radius 3 is 2.33 bits per heavy atom. The summed E-state index contributed by atoms with van der Waals surface area (Å²) in [5, 5.41) is 0. The Morgan fingerprint density at radius 2 is 2.11 bits per heavy atom. The smallest absolute Gasteiger partial charge is 0.246 e. The fourth-order valence-electron chi connectivity index (χ4n) is 0.696. The second-order valence-electron chi connectivity index (χ2n) is 1.78. The standard InChI is InChI=1S/C5H6N2O2/c1-7-3-2(6)4(8)5(3)9/h2H,6H2,1H3/t2-/m1/s1. The van der Waals surface area contributed by atoms with Gasteiger partial charge >= 0.3 is 0 Å². The minimum atomic E-state index is -0.748. The van der Waals surface area contributed by atoms with Gasteiger partial charge in [0.2, 0.25) is 11.6 Å². The molecule has 1 aliphatic rings. The summed E-state index contributed by atoms with van der Waals surface area (Å²) in [4.78, 5) is 24.3. The molecule has 0 heterocycles. The van der Waals surface area contributed by atoms with Gasteiger partial charge in [0.1, 0.15) is 11.8 Å². The molecule has 1 atom stereocenters. The van der Waals surface area contributed by atoms with E-state index in [1.807, 2.05) is 0 Å². The van der Waals surface area contributed by atoms with Crippen LogP contribution in [0.4, 0.5) is 0 Å². The van der Waals surface area contributed by atoms with Crippen molar-refractivity contribution in [1.29, 1.82) is 0 Å². The summed E-state index contributed by atoms with van der Waals surface area (Å²) < 4.78 is 0. The molecule has 2 N–H and O–H groups in total. The highest BCUT2D eigenvalue weighted by molar-refractivity contribution is 6.80. The van der Waals surface area contributed by atoms with Crippen LogP contribution in [0.15, 0.2) is 4.99 Å². The molecular formula is C5H6N2O2. The molecule has 0 aromatic carbocycles. The number of nitrogens with two attached hydrogens (primary N) is 1. The summed E-state index contributed by atoms with van der Waals surface area (Å²) in [6.07, 6.45) is 0. The third-order valence-electron chi connectivity index (χ3n) is 1.27. The highest BCUT2D eigenvalue weighted by Crippen LogP contribution is 2.03. The molecule has 0 aromatic rings. The minimum absolute atomic E-state index is 0.194. The van der Waals surface area contributed by atoms with E-state index < -0.39 is 17.6 Å². The van der Waals surface area contributed by atoms with E-state index in [4.69, 9.17) is 5.73 Å². The largest absolute Gasteiger partial charge is 0.316 e. The zero-order valence-corrected chi connectivity index (χ0v) is 4.92. The van der Waals surface area contributed by atoms with E-state index in [0.717, 1.165) is 0 Å². The van der Waals surface area contributed by atoms with Crippen LogP contribution in [0.5, 0.6) is 0 Å². The van der Waals surface area contributed by atoms with Crippen molar-refractivity contribution in [1.82, 2.24) is 0 Å². The van der Waals surface area contributed by atoms with Crippen LogP contribution in [-0.2, 0) is 9.59 Å². The van der Waals surface area contributed by atoms with E-state index in [9.17, 15) is 9.59 Å². The van der Waals surface area contributed by atoms with Gasteiger partial charge in [-0.2, -0.15) is 0 Å². The topological polar surface area (TPSA) is 72.5 Å². The molecule has 0 unspecified atom stereocenters. The molecule has 0 bridgehead atoms. The van der Waals surface area contributed by atoms with E-state index in [1.165, 1.54) is 7.05 Å². The van der Waals surface area contributed by atoms with Crippen molar-refractivity contribution in [3.63, 3.8) is 0 Å². The van der Waals surface area contributed by atoms with Crippen molar-refractivity contribution in [2.75, 3.05) is 7.05 Å². The zero-order chi connectivity index (χ0) is 7.02. The van der Waals surface area contributed by atoms with Gasteiger partial charge in [-0.3, -0.25) is 14.6 Å². The lowest BCUT2D eigenvalue weighted by atomic mass is 9.87. The summed E-state index contributed by atoms with van der Waals surface area (Å²) in [5.74, 6) is -1.07. The predicted molar refractivity (Wildman–Crippen MR) is 31.3 cm³/mol. The number of rotatable bonds is 0. The quantitative estimate of drug-likeness (QED) is 0.403. The number of Topliss-reactive ketones (excluding diaryl/α,β-unsaturated/α-hetero) is 2. The van der Waals surface area contributed by atoms with E-state index in [-0.39, 0.29) is 5.71 Å². The molecule has 0 aromatic heterocycles. The van der Waals surface area contributed by atoms with Crippen molar-refractivity contribution in [2.24, 2.45) is 10.7 Å². The molecule has 0 radical (unpaired) electrons. The molecule has 9 heavy (non-hydrogen) atoms. The minimum Gasteiger partial charge on any atom is -0.316 e. The Hall–Kier alpha value is -1.03. The van der Waals surface area contributed by atoms with Gasteiger partial charge in [-0.05, 0) is 0 Å². The monoisotopic (exact) mass is 126 g/mol. The lowest BCUT2D eigenvalue weighted by Gasteiger charge is -2.19. The average Bonchev–Trinajstić information content (AvgIpc) is 1.89. The molecule has 0 spiro atoms. The van der Waals surface area contributed by atoms with Gasteiger partial charge < -0.3 is 5.73 Å². The van der Waals surface area contributed by atoms with Crippen LogP contribution < -0.4 is 5.73 Å². The van der Waals surface area contributed by atoms with Crippen molar-refractivity contribution in [2.45, 2.75) is 6.04 Å². The number of aliphatic imine (C=N–C) groups is 1. The second kappa shape index (κ2) is 1.73. The van der Waals surface area contributed by atoms with Crippen molar-refractivity contribution in [3.05, 3.63) is 0 Å². The SMILES string of the molecule is CN=C1C(=O)C(=O)[C@@H]1N. The van der Waals surface area contributed by atoms with Crippen LogP contribution in [0.3, 0.4) is 0 Å². The molecular weight excluding hydrogens is 120 g/mol. The highest BCUT2D eigenvalue weighted by Gasteiger charge is 2.42. The maximum absolute atomic E-state index is 10.4. The summed E-state index contributed by atoms with van der Waals surface area (Å²) in [5.41, 5.74) is 5.36. The Kier molecular flexibility index (Phi) is 1.17. The normalized spacial score (nSPS) is 30.9. The molecule has 1 aliphatic carbocycles. The number of nitrogens with zero attached hydrogens (tertiary/aromatic N) is 1. The Labute approximate surface area is 51.8 Å². The molecule has 1 rings (SSSR count). The number of carbonyl (C=O) groups is 2. The van der Waals surface area contributed by atoms with Crippen LogP contribution >= 0.6 is 0 Å². The summed E-state index contributed by atoms with van der Waals surface area (Å²) in [6, 6.07) is -0.748. The van der Waals surface area contributed by atoms with Crippen molar-refractivity contribution < 1.29 is 9.59 Å². The molecule has 1 saturated carbocycles. The summed E-state index contributed by atoms with van der Waals surface area (Å²) in [6.45, 7) is 0. The molecule has 0 amide bonds. The zero-order valence-electron chi connectivity index (χ0n) is 4.92. The van der Waals surface area contributed by atoms with E-state index in [2.05, 4.69) is 4.99 Å². The van der Waals surface area contributed by atoms with Crippen LogP contribution in [-0.4, -0.2) is 30.4 Å². The van der Waals surface area contributed by atoms with Gasteiger partial charge in [0.05, 0.1) is 0 Å². The Morgan fingerprint density at radius 1 is 1.56 bits per heavy atom. The number of hydrogen-bond donors (Lipinski definition) is 1. The molecule has 0 saturated heterocycles. The van der Waals surface area contributed by atoms with E-state index in [0.29, 0.717) is 0 Å². The number of carbonyl (C=O) groups excluding carboxylic acids is 2. The van der Waals surface area contributed by atoms with Gasteiger partial charge in [-0.1, -0.05) is 0 Å². The lowest BCUT2D eigenvalue weighted by Crippen LogP contribution is -2.58. The first-order valence-corrected chi connectivity index (χ1v) is 2.49. The first-order valence-electron chi connectivity index (χ1n) is 2.49. The average molecular weight is 126 g/mol. The van der Waals surface area contributed by atoms with Gasteiger partial charge in [0, 0.05) is 7.05 Å². The number of hydrogen-bond acceptors (Lipinski definition) is 4. The maximum Gasteiger partial charge on any atom is 0.246 e. The summed E-state index contributed by atoms with van der Waals surface area (Å²) >= 11 is 0. The van der Waals surface area contributed by atoms with Gasteiger partial charge in [0.25, 0.3) is 0 Å². The molecule has 4 heteroatoms. The van der Waals surface area contributed by atoms with E-state index >= 15 is 0 Å². The third-order valence-corrected chi connectivity index (χ3v) is 1.27. The third kappa shape index (κ3) is 0.598. The van der Waals surface area contributed by atoms with E-state index in [1.54, 1.807) is 0 Å². The first kappa shape index (κ1) is 6.10. The maximum atomic E-state index is 10.4. The lowest BCUT2D eigenvalue weighted by molar-refractivity contribution is -0.135. The fraction of sp³-hybridized carbons (Fsp3) is 0.400. The van der Waals surface area contributed by atoms with Crippen molar-refractivity contribution >= 4 is 17.3 Å². The molecule has 0 aliphatic heterocycles. The number of ketones is 2. The summed E-state index contributed by atoms with van der Waals surface area (Å²) in [7, 11) is 1.44. The molecule has 4 nitrogen and oxygen atoms in total. The van der Waals surface area contributed by atoms with Gasteiger partial charge in [-0.15, -0.1) is 0 Å². The second-order valence-corrected chi connectivity index (χ2v) is 1.78. The van der Waals surface area contributed by atoms with Crippen LogP contribution in [0.25, 0.3) is 0 Å².